The third kappa shape index (κ3) is 3.06. The minimum absolute atomic E-state index is 0.0177. The Kier molecular flexibility index (Phi) is 4.10. The molecule has 0 spiro atoms. The first-order valence-corrected chi connectivity index (χ1v) is 7.78. The van der Waals surface area contributed by atoms with Crippen molar-refractivity contribution in [2.24, 2.45) is 0 Å². The molecule has 0 aliphatic carbocycles. The van der Waals surface area contributed by atoms with Gasteiger partial charge in [0.2, 0.25) is 0 Å². The van der Waals surface area contributed by atoms with Gasteiger partial charge in [-0.05, 0) is 24.3 Å². The quantitative estimate of drug-likeness (QED) is 0.910. The van der Waals surface area contributed by atoms with Crippen LogP contribution in [0.2, 0.25) is 5.02 Å². The fraction of sp³-hybridized carbons (Fsp3) is 0.0909. The molecule has 0 radical (unpaired) electrons. The van der Waals surface area contributed by atoms with Crippen molar-refractivity contribution in [3.63, 3.8) is 0 Å². The van der Waals surface area contributed by atoms with E-state index in [0.717, 1.165) is 17.4 Å². The Balaban J connectivity index is 2.36. The fourth-order valence-corrected chi connectivity index (χ4v) is 3.94. The van der Waals surface area contributed by atoms with Gasteiger partial charge in [0.1, 0.15) is 15.7 Å². The van der Waals surface area contributed by atoms with Crippen LogP contribution in [0.4, 0.5) is 10.1 Å². The predicted molar refractivity (Wildman–Crippen MR) is 72.5 cm³/mol. The number of hydrogen-bond donors (Lipinski definition) is 2. The van der Waals surface area contributed by atoms with E-state index in [1.165, 1.54) is 24.3 Å². The highest BCUT2D eigenvalue weighted by Crippen LogP contribution is 2.29. The van der Waals surface area contributed by atoms with Crippen LogP contribution in [0.3, 0.4) is 0 Å². The number of sulfonamides is 1. The molecule has 0 unspecified atom stereocenters. The second kappa shape index (κ2) is 5.46. The molecule has 2 aromatic rings. The van der Waals surface area contributed by atoms with Crippen molar-refractivity contribution < 1.29 is 17.9 Å². The van der Waals surface area contributed by atoms with Gasteiger partial charge in [-0.3, -0.25) is 4.72 Å². The third-order valence-electron chi connectivity index (χ3n) is 2.26. The maximum atomic E-state index is 13.5. The second-order valence-electron chi connectivity index (χ2n) is 3.58. The topological polar surface area (TPSA) is 66.4 Å². The van der Waals surface area contributed by atoms with Crippen molar-refractivity contribution in [2.45, 2.75) is 10.8 Å². The molecule has 0 amide bonds. The Morgan fingerprint density at radius 2 is 2.05 bits per heavy atom. The maximum Gasteiger partial charge on any atom is 0.271 e. The van der Waals surface area contributed by atoms with Crippen LogP contribution in [0, 0.1) is 5.82 Å². The van der Waals surface area contributed by atoms with Gasteiger partial charge in [0.15, 0.2) is 0 Å². The largest absolute Gasteiger partial charge is 0.391 e. The van der Waals surface area contributed by atoms with Crippen LogP contribution in [0.5, 0.6) is 0 Å². The lowest BCUT2D eigenvalue weighted by atomic mass is 10.3. The van der Waals surface area contributed by atoms with Crippen LogP contribution in [0.25, 0.3) is 0 Å². The smallest absolute Gasteiger partial charge is 0.271 e. The van der Waals surface area contributed by atoms with Crippen molar-refractivity contribution in [2.75, 3.05) is 4.72 Å². The van der Waals surface area contributed by atoms with Gasteiger partial charge in [-0.1, -0.05) is 17.7 Å². The summed E-state index contributed by atoms with van der Waals surface area (Å²) < 4.78 is 39.7. The highest BCUT2D eigenvalue weighted by Gasteiger charge is 2.20. The van der Waals surface area contributed by atoms with Crippen LogP contribution in [-0.2, 0) is 16.6 Å². The van der Waals surface area contributed by atoms with Gasteiger partial charge in [0.05, 0.1) is 11.6 Å². The van der Waals surface area contributed by atoms with Gasteiger partial charge in [-0.2, -0.15) is 0 Å². The highest BCUT2D eigenvalue weighted by atomic mass is 35.5. The van der Waals surface area contributed by atoms with Crippen molar-refractivity contribution in [3.8, 4) is 0 Å². The van der Waals surface area contributed by atoms with Crippen molar-refractivity contribution in [3.05, 3.63) is 46.0 Å². The standard InChI is InChI=1S/C11H9ClFNO3S2/c12-8-2-1-3-9(13)11(8)14-19(16,17)10-5-4-7(6-15)18-10/h1-5,14-15H,6H2. The zero-order chi connectivity index (χ0) is 14.0. The molecule has 0 bridgehead atoms. The Morgan fingerprint density at radius 1 is 1.32 bits per heavy atom. The van der Waals surface area contributed by atoms with Gasteiger partial charge in [-0.15, -0.1) is 11.3 Å². The number of nitrogens with one attached hydrogen (secondary N) is 1. The molecule has 8 heteroatoms. The molecule has 1 aromatic heterocycles. The van der Waals surface area contributed by atoms with Crippen molar-refractivity contribution in [1.29, 1.82) is 0 Å². The van der Waals surface area contributed by atoms with Crippen molar-refractivity contribution in [1.82, 2.24) is 0 Å². The second-order valence-corrected chi connectivity index (χ2v) is 7.07. The number of para-hydroxylation sites is 1. The van der Waals surface area contributed by atoms with E-state index in [-0.39, 0.29) is 21.5 Å². The molecular weight excluding hydrogens is 313 g/mol. The lowest BCUT2D eigenvalue weighted by Gasteiger charge is -2.08. The summed E-state index contributed by atoms with van der Waals surface area (Å²) >= 11 is 6.66. The van der Waals surface area contributed by atoms with Gasteiger partial charge in [0, 0.05) is 4.88 Å². The summed E-state index contributed by atoms with van der Waals surface area (Å²) in [6.07, 6.45) is 0. The molecule has 2 N–H and O–H groups in total. The predicted octanol–water partition coefficient (Wildman–Crippen LogP) is 2.83. The first-order chi connectivity index (χ1) is 8.94. The molecule has 0 fully saturated rings. The first-order valence-electron chi connectivity index (χ1n) is 5.10. The van der Waals surface area contributed by atoms with Gasteiger partial charge in [-0.25, -0.2) is 12.8 Å². The molecule has 1 aromatic carbocycles. The van der Waals surface area contributed by atoms with E-state index in [0.29, 0.717) is 4.88 Å². The molecule has 0 aliphatic rings. The average Bonchev–Trinajstić information content (AvgIpc) is 2.83. The molecule has 2 rings (SSSR count). The van der Waals surface area contributed by atoms with Gasteiger partial charge in [0.25, 0.3) is 10.0 Å². The SMILES string of the molecule is O=S(=O)(Nc1c(F)cccc1Cl)c1ccc(CO)s1. The molecule has 0 aliphatic heterocycles. The fourth-order valence-electron chi connectivity index (χ4n) is 1.37. The van der Waals surface area contributed by atoms with E-state index in [1.54, 1.807) is 0 Å². The number of benzene rings is 1. The summed E-state index contributed by atoms with van der Waals surface area (Å²) in [6, 6.07) is 6.70. The zero-order valence-corrected chi connectivity index (χ0v) is 11.8. The first kappa shape index (κ1) is 14.3. The van der Waals surface area contributed by atoms with E-state index in [9.17, 15) is 12.8 Å². The molecule has 102 valence electrons. The molecule has 1 heterocycles. The van der Waals surface area contributed by atoms with Crippen LogP contribution < -0.4 is 4.72 Å². The number of aliphatic hydroxyl groups excluding tert-OH is 1. The van der Waals surface area contributed by atoms with E-state index >= 15 is 0 Å². The van der Waals surface area contributed by atoms with E-state index in [1.807, 2.05) is 0 Å². The number of thiophene rings is 1. The number of rotatable bonds is 4. The minimum Gasteiger partial charge on any atom is -0.391 e. The Bertz CT molecular complexity index is 679. The monoisotopic (exact) mass is 321 g/mol. The van der Waals surface area contributed by atoms with Gasteiger partial charge >= 0.3 is 0 Å². The number of aliphatic hydroxyl groups is 1. The summed E-state index contributed by atoms with van der Waals surface area (Å²) in [6.45, 7) is -0.249. The van der Waals surface area contributed by atoms with Crippen LogP contribution in [0.1, 0.15) is 4.88 Å². The molecule has 4 nitrogen and oxygen atoms in total. The summed E-state index contributed by atoms with van der Waals surface area (Å²) in [5.74, 6) is -0.755. The molecule has 19 heavy (non-hydrogen) atoms. The lowest BCUT2D eigenvalue weighted by Crippen LogP contribution is -2.13. The van der Waals surface area contributed by atoms with Crippen LogP contribution in [-0.4, -0.2) is 13.5 Å². The number of halogens is 2. The normalized spacial score (nSPS) is 11.5. The third-order valence-corrected chi connectivity index (χ3v) is 5.48. The van der Waals surface area contributed by atoms with E-state index in [4.69, 9.17) is 16.7 Å². The summed E-state index contributed by atoms with van der Waals surface area (Å²) in [4.78, 5) is 0.500. The number of anilines is 1. The number of hydrogen-bond acceptors (Lipinski definition) is 4. The molecular formula is C11H9ClFNO3S2. The summed E-state index contributed by atoms with van der Waals surface area (Å²) in [5.41, 5.74) is -0.289. The zero-order valence-electron chi connectivity index (χ0n) is 9.43. The van der Waals surface area contributed by atoms with E-state index in [2.05, 4.69) is 4.72 Å². The maximum absolute atomic E-state index is 13.5. The average molecular weight is 322 g/mol. The Labute approximate surface area is 118 Å². The Morgan fingerprint density at radius 3 is 2.63 bits per heavy atom. The summed E-state index contributed by atoms with van der Waals surface area (Å²) in [7, 11) is -3.91. The molecule has 0 saturated heterocycles. The minimum atomic E-state index is -3.91. The van der Waals surface area contributed by atoms with Crippen LogP contribution >= 0.6 is 22.9 Å². The van der Waals surface area contributed by atoms with Crippen LogP contribution in [0.15, 0.2) is 34.5 Å². The van der Waals surface area contributed by atoms with Crippen molar-refractivity contribution >= 4 is 38.6 Å². The Hall–Kier alpha value is -1.15. The summed E-state index contributed by atoms with van der Waals surface area (Å²) in [5, 5.41) is 8.88. The molecule has 0 saturated carbocycles. The highest BCUT2D eigenvalue weighted by molar-refractivity contribution is 7.94. The molecule has 0 atom stereocenters. The lowest BCUT2D eigenvalue weighted by molar-refractivity contribution is 0.285. The van der Waals surface area contributed by atoms with Gasteiger partial charge < -0.3 is 5.11 Å². The van der Waals surface area contributed by atoms with E-state index < -0.39 is 15.8 Å².